The predicted octanol–water partition coefficient (Wildman–Crippen LogP) is 1.45. The van der Waals surface area contributed by atoms with E-state index in [0.29, 0.717) is 17.4 Å². The molecule has 0 spiro atoms. The van der Waals surface area contributed by atoms with Crippen LogP contribution in [0.1, 0.15) is 0 Å². The largest absolute Gasteiger partial charge is 0.382 e. The molecule has 3 rings (SSSR count). The second-order valence-electron chi connectivity index (χ2n) is 3.61. The smallest absolute Gasteiger partial charge is 0.169 e. The van der Waals surface area contributed by atoms with Crippen molar-refractivity contribution in [3.8, 4) is 11.3 Å². The number of anilines is 2. The zero-order valence-corrected chi connectivity index (χ0v) is 8.79. The van der Waals surface area contributed by atoms with Gasteiger partial charge in [0, 0.05) is 11.6 Å². The number of hydrogen-bond acceptors (Lipinski definition) is 6. The number of nitrogen functional groups attached to an aromatic ring is 2. The van der Waals surface area contributed by atoms with E-state index in [2.05, 4.69) is 15.1 Å². The molecule has 2 aromatic heterocycles. The molecule has 6 heteroatoms. The van der Waals surface area contributed by atoms with E-state index < -0.39 is 0 Å². The van der Waals surface area contributed by atoms with Gasteiger partial charge in [0.1, 0.15) is 5.82 Å². The monoisotopic (exact) mass is 227 g/mol. The summed E-state index contributed by atoms with van der Waals surface area (Å²) in [6.45, 7) is 0. The summed E-state index contributed by atoms with van der Waals surface area (Å²) in [5.74, 6) is 1.35. The van der Waals surface area contributed by atoms with E-state index >= 15 is 0 Å². The van der Waals surface area contributed by atoms with Crippen LogP contribution in [0.15, 0.2) is 35.0 Å². The molecular weight excluding hydrogens is 218 g/mol. The van der Waals surface area contributed by atoms with Gasteiger partial charge in [-0.3, -0.25) is 4.98 Å². The second kappa shape index (κ2) is 3.44. The molecule has 0 aliphatic rings. The van der Waals surface area contributed by atoms with Gasteiger partial charge in [0.15, 0.2) is 11.6 Å². The summed E-state index contributed by atoms with van der Waals surface area (Å²) < 4.78 is 5.08. The van der Waals surface area contributed by atoms with Crippen LogP contribution < -0.4 is 11.5 Å². The Morgan fingerprint density at radius 3 is 2.65 bits per heavy atom. The first kappa shape index (κ1) is 9.59. The molecule has 0 aliphatic carbocycles. The van der Waals surface area contributed by atoms with Gasteiger partial charge in [-0.05, 0) is 18.2 Å². The predicted molar refractivity (Wildman–Crippen MR) is 63.9 cm³/mol. The second-order valence-corrected chi connectivity index (χ2v) is 3.61. The van der Waals surface area contributed by atoms with Crippen molar-refractivity contribution >= 4 is 22.7 Å². The van der Waals surface area contributed by atoms with Crippen molar-refractivity contribution < 1.29 is 4.52 Å². The molecule has 0 bridgehead atoms. The molecule has 2 heterocycles. The average molecular weight is 227 g/mol. The Hall–Kier alpha value is -2.63. The number of nitrogens with two attached hydrogens (primary N) is 2. The molecule has 1 aromatic carbocycles. The molecule has 0 saturated heterocycles. The summed E-state index contributed by atoms with van der Waals surface area (Å²) >= 11 is 0. The number of fused-ring (bicyclic) bond motifs is 1. The number of aromatic nitrogens is 3. The van der Waals surface area contributed by atoms with E-state index in [1.807, 2.05) is 18.2 Å². The molecule has 0 aliphatic heterocycles. The van der Waals surface area contributed by atoms with Crippen molar-refractivity contribution in [1.29, 1.82) is 0 Å². The number of rotatable bonds is 1. The van der Waals surface area contributed by atoms with Gasteiger partial charge in [-0.15, -0.1) is 0 Å². The van der Waals surface area contributed by atoms with Crippen LogP contribution in [-0.4, -0.2) is 15.1 Å². The van der Waals surface area contributed by atoms with E-state index in [9.17, 15) is 0 Å². The maximum atomic E-state index is 5.56. The lowest BCUT2D eigenvalue weighted by Crippen LogP contribution is -1.92. The number of hydrogen-bond donors (Lipinski definition) is 2. The minimum Gasteiger partial charge on any atom is -0.382 e. The van der Waals surface area contributed by atoms with Gasteiger partial charge < -0.3 is 16.0 Å². The van der Waals surface area contributed by atoms with E-state index in [1.165, 1.54) is 6.20 Å². The van der Waals surface area contributed by atoms with Crippen LogP contribution in [0.4, 0.5) is 11.6 Å². The fourth-order valence-corrected chi connectivity index (χ4v) is 1.60. The standard InChI is InChI=1S/C11H9N5O/c12-10-4-9(17-16-10)6-1-2-7-8(3-6)14-5-11(13)15-7/h1-5H,(H2,12,16)(H2,13,15). The molecule has 0 radical (unpaired) electrons. The molecule has 17 heavy (non-hydrogen) atoms. The number of nitrogens with zero attached hydrogens (tertiary/aromatic N) is 3. The van der Waals surface area contributed by atoms with Gasteiger partial charge in [0.05, 0.1) is 17.2 Å². The van der Waals surface area contributed by atoms with Crippen molar-refractivity contribution in [3.63, 3.8) is 0 Å². The maximum Gasteiger partial charge on any atom is 0.169 e. The Bertz CT molecular complexity index is 691. The highest BCUT2D eigenvalue weighted by Crippen LogP contribution is 2.24. The molecule has 0 amide bonds. The van der Waals surface area contributed by atoms with Gasteiger partial charge in [-0.1, -0.05) is 5.16 Å². The highest BCUT2D eigenvalue weighted by Gasteiger charge is 2.06. The van der Waals surface area contributed by atoms with Crippen LogP contribution in [0, 0.1) is 0 Å². The molecule has 3 aromatic rings. The maximum absolute atomic E-state index is 5.56. The lowest BCUT2D eigenvalue weighted by Gasteiger charge is -1.99. The minimum atomic E-state index is 0.350. The van der Waals surface area contributed by atoms with Crippen molar-refractivity contribution in [2.45, 2.75) is 0 Å². The molecule has 4 N–H and O–H groups in total. The average Bonchev–Trinajstić information content (AvgIpc) is 2.75. The highest BCUT2D eigenvalue weighted by molar-refractivity contribution is 5.81. The van der Waals surface area contributed by atoms with Crippen molar-refractivity contribution in [2.24, 2.45) is 0 Å². The van der Waals surface area contributed by atoms with Crippen LogP contribution in [0.3, 0.4) is 0 Å². The normalized spacial score (nSPS) is 10.8. The quantitative estimate of drug-likeness (QED) is 0.652. The zero-order valence-electron chi connectivity index (χ0n) is 8.79. The van der Waals surface area contributed by atoms with Gasteiger partial charge in [-0.25, -0.2) is 4.98 Å². The summed E-state index contributed by atoms with van der Waals surface area (Å²) in [6.07, 6.45) is 1.51. The fraction of sp³-hybridized carbons (Fsp3) is 0. The molecule has 0 unspecified atom stereocenters. The molecule has 0 fully saturated rings. The highest BCUT2D eigenvalue weighted by atomic mass is 16.5. The molecular formula is C11H9N5O. The third-order valence-corrected chi connectivity index (χ3v) is 2.37. The molecule has 6 nitrogen and oxygen atoms in total. The van der Waals surface area contributed by atoms with E-state index in [0.717, 1.165) is 16.6 Å². The van der Waals surface area contributed by atoms with Gasteiger partial charge in [-0.2, -0.15) is 0 Å². The van der Waals surface area contributed by atoms with Gasteiger partial charge >= 0.3 is 0 Å². The van der Waals surface area contributed by atoms with E-state index in [-0.39, 0.29) is 0 Å². The van der Waals surface area contributed by atoms with E-state index in [4.69, 9.17) is 16.0 Å². The van der Waals surface area contributed by atoms with Crippen LogP contribution in [0.2, 0.25) is 0 Å². The Morgan fingerprint density at radius 2 is 1.88 bits per heavy atom. The Morgan fingerprint density at radius 1 is 1.00 bits per heavy atom. The first-order chi connectivity index (χ1) is 8.22. The summed E-state index contributed by atoms with van der Waals surface area (Å²) in [7, 11) is 0. The topological polar surface area (TPSA) is 104 Å². The summed E-state index contributed by atoms with van der Waals surface area (Å²) in [5.41, 5.74) is 13.4. The van der Waals surface area contributed by atoms with Crippen molar-refractivity contribution in [2.75, 3.05) is 11.5 Å². The Labute approximate surface area is 96.3 Å². The summed E-state index contributed by atoms with van der Waals surface area (Å²) in [4.78, 5) is 8.35. The number of benzene rings is 1. The zero-order chi connectivity index (χ0) is 11.8. The first-order valence-electron chi connectivity index (χ1n) is 4.97. The fourth-order valence-electron chi connectivity index (χ4n) is 1.60. The third kappa shape index (κ3) is 1.65. The third-order valence-electron chi connectivity index (χ3n) is 2.37. The van der Waals surface area contributed by atoms with Crippen LogP contribution >= 0.6 is 0 Å². The first-order valence-corrected chi connectivity index (χ1v) is 4.97. The lowest BCUT2D eigenvalue weighted by molar-refractivity contribution is 0.436. The summed E-state index contributed by atoms with van der Waals surface area (Å²) in [6, 6.07) is 7.19. The minimum absolute atomic E-state index is 0.350. The van der Waals surface area contributed by atoms with Crippen LogP contribution in [0.25, 0.3) is 22.4 Å². The van der Waals surface area contributed by atoms with Gasteiger partial charge in [0.2, 0.25) is 0 Å². The van der Waals surface area contributed by atoms with Crippen molar-refractivity contribution in [3.05, 3.63) is 30.5 Å². The van der Waals surface area contributed by atoms with Crippen molar-refractivity contribution in [1.82, 2.24) is 15.1 Å². The lowest BCUT2D eigenvalue weighted by atomic mass is 10.1. The Kier molecular flexibility index (Phi) is 1.94. The van der Waals surface area contributed by atoms with E-state index in [1.54, 1.807) is 6.07 Å². The SMILES string of the molecule is Nc1cc(-c2ccc3nc(N)cnc3c2)on1. The summed E-state index contributed by atoms with van der Waals surface area (Å²) in [5, 5.41) is 3.63. The van der Waals surface area contributed by atoms with Gasteiger partial charge in [0.25, 0.3) is 0 Å². The molecule has 0 atom stereocenters. The van der Waals surface area contributed by atoms with Crippen LogP contribution in [0.5, 0.6) is 0 Å². The Balaban J connectivity index is 2.16. The molecule has 0 saturated carbocycles. The molecule has 84 valence electrons. The van der Waals surface area contributed by atoms with Crippen LogP contribution in [-0.2, 0) is 0 Å².